The zero-order valence-electron chi connectivity index (χ0n) is 10.2. The molecule has 0 radical (unpaired) electrons. The SMILES string of the molecule is Cc1c(C(=O)O)ncnc1-c1ccc2[nH]ccc2c1. The molecule has 5 nitrogen and oxygen atoms in total. The van der Waals surface area contributed by atoms with E-state index in [1.54, 1.807) is 6.92 Å². The fourth-order valence-corrected chi connectivity index (χ4v) is 2.16. The lowest BCUT2D eigenvalue weighted by Crippen LogP contribution is -2.05. The van der Waals surface area contributed by atoms with Gasteiger partial charge in [-0.2, -0.15) is 0 Å². The topological polar surface area (TPSA) is 78.9 Å². The van der Waals surface area contributed by atoms with E-state index in [2.05, 4.69) is 15.0 Å². The van der Waals surface area contributed by atoms with Crippen molar-refractivity contribution >= 4 is 16.9 Å². The number of carboxylic acids is 1. The van der Waals surface area contributed by atoms with Crippen LogP contribution in [0, 0.1) is 6.92 Å². The van der Waals surface area contributed by atoms with Gasteiger partial charge in [0.15, 0.2) is 5.69 Å². The van der Waals surface area contributed by atoms with Crippen LogP contribution in [0.5, 0.6) is 0 Å². The number of aromatic carboxylic acids is 1. The molecule has 2 heterocycles. The van der Waals surface area contributed by atoms with Crippen molar-refractivity contribution in [3.63, 3.8) is 0 Å². The van der Waals surface area contributed by atoms with E-state index >= 15 is 0 Å². The second-order valence-corrected chi connectivity index (χ2v) is 4.28. The predicted octanol–water partition coefficient (Wildman–Crippen LogP) is 2.63. The summed E-state index contributed by atoms with van der Waals surface area (Å²) in [5.74, 6) is -1.04. The highest BCUT2D eigenvalue weighted by Gasteiger charge is 2.14. The van der Waals surface area contributed by atoms with Crippen LogP contribution in [-0.2, 0) is 0 Å². The van der Waals surface area contributed by atoms with E-state index in [0.717, 1.165) is 16.5 Å². The summed E-state index contributed by atoms with van der Waals surface area (Å²) in [6.45, 7) is 1.72. The number of hydrogen-bond donors (Lipinski definition) is 2. The first kappa shape index (κ1) is 11.4. The van der Waals surface area contributed by atoms with Gasteiger partial charge in [0.05, 0.1) is 5.69 Å². The first-order valence-corrected chi connectivity index (χ1v) is 5.79. The van der Waals surface area contributed by atoms with Crippen molar-refractivity contribution in [3.8, 4) is 11.3 Å². The molecule has 0 bridgehead atoms. The van der Waals surface area contributed by atoms with Gasteiger partial charge in [-0.05, 0) is 25.1 Å². The van der Waals surface area contributed by atoms with Crippen LogP contribution < -0.4 is 0 Å². The Balaban J connectivity index is 2.20. The molecule has 0 fully saturated rings. The molecule has 0 amide bonds. The predicted molar refractivity (Wildman–Crippen MR) is 71.0 cm³/mol. The number of rotatable bonds is 2. The van der Waals surface area contributed by atoms with Crippen molar-refractivity contribution < 1.29 is 9.90 Å². The minimum absolute atomic E-state index is 0.0409. The Morgan fingerprint density at radius 3 is 2.89 bits per heavy atom. The van der Waals surface area contributed by atoms with E-state index < -0.39 is 5.97 Å². The molecule has 5 heteroatoms. The molecule has 3 rings (SSSR count). The average Bonchev–Trinajstić information content (AvgIpc) is 2.85. The molecule has 0 saturated heterocycles. The van der Waals surface area contributed by atoms with E-state index in [0.29, 0.717) is 11.3 Å². The lowest BCUT2D eigenvalue weighted by molar-refractivity contribution is 0.0689. The van der Waals surface area contributed by atoms with Crippen LogP contribution in [0.3, 0.4) is 0 Å². The second-order valence-electron chi connectivity index (χ2n) is 4.28. The lowest BCUT2D eigenvalue weighted by Gasteiger charge is -2.07. The zero-order chi connectivity index (χ0) is 13.4. The third-order valence-corrected chi connectivity index (χ3v) is 3.11. The molecular formula is C14H11N3O2. The Kier molecular flexibility index (Phi) is 2.52. The maximum absolute atomic E-state index is 11.1. The van der Waals surface area contributed by atoms with Gasteiger partial charge in [0.2, 0.25) is 0 Å². The van der Waals surface area contributed by atoms with Gasteiger partial charge in [0, 0.05) is 28.2 Å². The fourth-order valence-electron chi connectivity index (χ4n) is 2.16. The summed E-state index contributed by atoms with van der Waals surface area (Å²) in [5, 5.41) is 10.1. The van der Waals surface area contributed by atoms with Gasteiger partial charge in [0.25, 0.3) is 0 Å². The number of fused-ring (bicyclic) bond motifs is 1. The number of nitrogens with one attached hydrogen (secondary N) is 1. The number of benzene rings is 1. The maximum atomic E-state index is 11.1. The van der Waals surface area contributed by atoms with Crippen molar-refractivity contribution in [2.24, 2.45) is 0 Å². The molecule has 0 aliphatic heterocycles. The molecule has 0 spiro atoms. The maximum Gasteiger partial charge on any atom is 0.354 e. The van der Waals surface area contributed by atoms with Crippen LogP contribution in [0.15, 0.2) is 36.8 Å². The summed E-state index contributed by atoms with van der Waals surface area (Å²) in [5.41, 5.74) is 3.18. The van der Waals surface area contributed by atoms with Crippen molar-refractivity contribution in [3.05, 3.63) is 48.0 Å². The first-order valence-electron chi connectivity index (χ1n) is 5.79. The van der Waals surface area contributed by atoms with Crippen LogP contribution in [0.4, 0.5) is 0 Å². The van der Waals surface area contributed by atoms with Gasteiger partial charge >= 0.3 is 5.97 Å². The summed E-state index contributed by atoms with van der Waals surface area (Å²) >= 11 is 0. The largest absolute Gasteiger partial charge is 0.477 e. The molecular weight excluding hydrogens is 242 g/mol. The normalized spacial score (nSPS) is 10.8. The summed E-state index contributed by atoms with van der Waals surface area (Å²) in [6.07, 6.45) is 3.15. The van der Waals surface area contributed by atoms with E-state index in [4.69, 9.17) is 5.11 Å². The van der Waals surface area contributed by atoms with Gasteiger partial charge in [-0.15, -0.1) is 0 Å². The molecule has 2 aromatic heterocycles. The standard InChI is InChI=1S/C14H11N3O2/c1-8-12(16-7-17-13(8)14(18)19)10-2-3-11-9(6-10)4-5-15-11/h2-7,15H,1H3,(H,18,19). The smallest absolute Gasteiger partial charge is 0.354 e. The highest BCUT2D eigenvalue weighted by atomic mass is 16.4. The molecule has 0 saturated carbocycles. The summed E-state index contributed by atoms with van der Waals surface area (Å²) < 4.78 is 0. The highest BCUT2D eigenvalue weighted by molar-refractivity contribution is 5.90. The van der Waals surface area contributed by atoms with Gasteiger partial charge in [-0.1, -0.05) is 6.07 Å². The van der Waals surface area contributed by atoms with E-state index in [1.807, 2.05) is 30.5 Å². The minimum atomic E-state index is -1.04. The number of H-pyrrole nitrogens is 1. The van der Waals surface area contributed by atoms with E-state index in [-0.39, 0.29) is 5.69 Å². The van der Waals surface area contributed by atoms with Crippen LogP contribution in [0.1, 0.15) is 16.1 Å². The highest BCUT2D eigenvalue weighted by Crippen LogP contribution is 2.25. The number of carbonyl (C=O) groups is 1. The molecule has 0 unspecified atom stereocenters. The zero-order valence-corrected chi connectivity index (χ0v) is 10.2. The molecule has 0 aliphatic rings. The number of aromatic nitrogens is 3. The van der Waals surface area contributed by atoms with Crippen LogP contribution in [0.2, 0.25) is 0 Å². The minimum Gasteiger partial charge on any atom is -0.477 e. The summed E-state index contributed by atoms with van der Waals surface area (Å²) in [6, 6.07) is 7.81. The number of hydrogen-bond acceptors (Lipinski definition) is 3. The van der Waals surface area contributed by atoms with Crippen molar-refractivity contribution in [1.29, 1.82) is 0 Å². The Hall–Kier alpha value is -2.69. The summed E-state index contributed by atoms with van der Waals surface area (Å²) in [7, 11) is 0. The molecule has 0 atom stereocenters. The van der Waals surface area contributed by atoms with Crippen LogP contribution >= 0.6 is 0 Å². The number of nitrogens with zero attached hydrogens (tertiary/aromatic N) is 2. The molecule has 3 aromatic rings. The lowest BCUT2D eigenvalue weighted by atomic mass is 10.0. The van der Waals surface area contributed by atoms with Gasteiger partial charge in [-0.3, -0.25) is 0 Å². The van der Waals surface area contributed by atoms with Gasteiger partial charge in [0.1, 0.15) is 6.33 Å². The fraction of sp³-hybridized carbons (Fsp3) is 0.0714. The number of aromatic amines is 1. The summed E-state index contributed by atoms with van der Waals surface area (Å²) in [4.78, 5) is 22.2. The molecule has 94 valence electrons. The Morgan fingerprint density at radius 2 is 2.11 bits per heavy atom. The Labute approximate surface area is 109 Å². The molecule has 2 N–H and O–H groups in total. The van der Waals surface area contributed by atoms with E-state index in [9.17, 15) is 4.79 Å². The van der Waals surface area contributed by atoms with E-state index in [1.165, 1.54) is 6.33 Å². The van der Waals surface area contributed by atoms with Crippen molar-refractivity contribution in [1.82, 2.24) is 15.0 Å². The van der Waals surface area contributed by atoms with Gasteiger partial charge < -0.3 is 10.1 Å². The van der Waals surface area contributed by atoms with Crippen molar-refractivity contribution in [2.45, 2.75) is 6.92 Å². The Morgan fingerprint density at radius 1 is 1.26 bits per heavy atom. The average molecular weight is 253 g/mol. The first-order chi connectivity index (χ1) is 9.16. The number of carboxylic acid groups (broad SMARTS) is 1. The second kappa shape index (κ2) is 4.20. The molecule has 19 heavy (non-hydrogen) atoms. The van der Waals surface area contributed by atoms with Crippen LogP contribution in [-0.4, -0.2) is 26.0 Å². The monoisotopic (exact) mass is 253 g/mol. The molecule has 1 aromatic carbocycles. The third-order valence-electron chi connectivity index (χ3n) is 3.11. The van der Waals surface area contributed by atoms with Crippen molar-refractivity contribution in [2.75, 3.05) is 0 Å². The van der Waals surface area contributed by atoms with Gasteiger partial charge in [-0.25, -0.2) is 14.8 Å². The quantitative estimate of drug-likeness (QED) is 0.735. The third kappa shape index (κ3) is 1.85. The molecule has 0 aliphatic carbocycles. The van der Waals surface area contributed by atoms with Crippen LogP contribution in [0.25, 0.3) is 22.2 Å². The Bertz CT molecular complexity index is 777.